The standard InChI is InChI=1S/C25H21N3O4S/c1-30-24(29)18-9-3-2-8-17(18)20-11-12-21(32-20)23-22(19-10-4-5-13-26-19)27-25(33)28(23)15-16-7-6-14-31-16/h2-14,22-23H,15H2,1H3,(H,27,33)/t22-,23+/m1/s1. The van der Waals surface area contributed by atoms with E-state index in [0.29, 0.717) is 34.3 Å². The lowest BCUT2D eigenvalue weighted by Crippen LogP contribution is -2.28. The maximum absolute atomic E-state index is 12.3. The van der Waals surface area contributed by atoms with E-state index in [-0.39, 0.29) is 12.1 Å². The molecule has 0 unspecified atom stereocenters. The Kier molecular flexibility index (Phi) is 5.66. The van der Waals surface area contributed by atoms with Crippen LogP contribution < -0.4 is 5.32 Å². The summed E-state index contributed by atoms with van der Waals surface area (Å²) in [6, 6.07) is 20.0. The Balaban J connectivity index is 1.55. The number of nitrogens with one attached hydrogen (secondary N) is 1. The average molecular weight is 460 g/mol. The first kappa shape index (κ1) is 21.0. The molecule has 0 spiro atoms. The van der Waals surface area contributed by atoms with Gasteiger partial charge in [-0.2, -0.15) is 0 Å². The molecular weight excluding hydrogens is 438 g/mol. The lowest BCUT2D eigenvalue weighted by Gasteiger charge is -2.25. The van der Waals surface area contributed by atoms with Gasteiger partial charge in [-0.1, -0.05) is 24.3 Å². The quantitative estimate of drug-likeness (QED) is 0.322. The summed E-state index contributed by atoms with van der Waals surface area (Å²) in [6.45, 7) is 0.474. The molecule has 166 valence electrons. The van der Waals surface area contributed by atoms with Crippen LogP contribution in [0.3, 0.4) is 0 Å². The minimum absolute atomic E-state index is 0.219. The average Bonchev–Trinajstić information content (AvgIpc) is 3.61. The van der Waals surface area contributed by atoms with Gasteiger partial charge in [-0.25, -0.2) is 4.79 Å². The molecule has 33 heavy (non-hydrogen) atoms. The normalized spacial score (nSPS) is 17.7. The van der Waals surface area contributed by atoms with E-state index in [2.05, 4.69) is 10.3 Å². The smallest absolute Gasteiger partial charge is 0.338 e. The van der Waals surface area contributed by atoms with Crippen molar-refractivity contribution in [1.29, 1.82) is 0 Å². The third-order valence-electron chi connectivity index (χ3n) is 5.62. The second-order valence-electron chi connectivity index (χ2n) is 7.57. The molecule has 1 saturated heterocycles. The Bertz CT molecular complexity index is 1270. The molecule has 0 aliphatic carbocycles. The number of methoxy groups -OCH3 is 1. The molecule has 4 heterocycles. The molecule has 7 nitrogen and oxygen atoms in total. The lowest BCUT2D eigenvalue weighted by atomic mass is 10.0. The summed E-state index contributed by atoms with van der Waals surface area (Å²) in [5.41, 5.74) is 1.95. The van der Waals surface area contributed by atoms with Crippen LogP contribution in [0, 0.1) is 0 Å². The monoisotopic (exact) mass is 459 g/mol. The number of thiocarbonyl (C=S) groups is 1. The predicted molar refractivity (Wildman–Crippen MR) is 125 cm³/mol. The number of hydrogen-bond donors (Lipinski definition) is 1. The van der Waals surface area contributed by atoms with Crippen LogP contribution in [-0.2, 0) is 11.3 Å². The van der Waals surface area contributed by atoms with Crippen molar-refractivity contribution in [3.8, 4) is 11.3 Å². The number of hydrogen-bond acceptors (Lipinski definition) is 6. The Labute approximate surface area is 196 Å². The van der Waals surface area contributed by atoms with Crippen LogP contribution in [0.1, 0.15) is 39.7 Å². The summed E-state index contributed by atoms with van der Waals surface area (Å²) < 4.78 is 16.8. The SMILES string of the molecule is COC(=O)c1ccccc1-c1ccc([C@H]2[C@@H](c3ccccn3)NC(=S)N2Cc2ccco2)o1. The van der Waals surface area contributed by atoms with Crippen molar-refractivity contribution in [2.75, 3.05) is 7.11 Å². The molecule has 0 amide bonds. The van der Waals surface area contributed by atoms with Crippen LogP contribution in [0.4, 0.5) is 0 Å². The third kappa shape index (κ3) is 4.01. The first-order valence-electron chi connectivity index (χ1n) is 10.4. The molecule has 1 aliphatic heterocycles. The highest BCUT2D eigenvalue weighted by molar-refractivity contribution is 7.80. The molecule has 1 aliphatic rings. The van der Waals surface area contributed by atoms with Crippen LogP contribution >= 0.6 is 12.2 Å². The molecule has 1 N–H and O–H groups in total. The number of esters is 1. The van der Waals surface area contributed by atoms with Crippen LogP contribution in [0.25, 0.3) is 11.3 Å². The molecule has 1 fully saturated rings. The van der Waals surface area contributed by atoms with Crippen LogP contribution in [0.5, 0.6) is 0 Å². The van der Waals surface area contributed by atoms with Gasteiger partial charge in [0.25, 0.3) is 0 Å². The van der Waals surface area contributed by atoms with Gasteiger partial charge in [0.2, 0.25) is 0 Å². The minimum atomic E-state index is -0.418. The fourth-order valence-electron chi connectivity index (χ4n) is 4.10. The summed E-state index contributed by atoms with van der Waals surface area (Å²) in [5.74, 6) is 1.63. The molecule has 0 radical (unpaired) electrons. The van der Waals surface area contributed by atoms with Crippen LogP contribution in [0.2, 0.25) is 0 Å². The van der Waals surface area contributed by atoms with Crippen LogP contribution in [-0.4, -0.2) is 28.1 Å². The van der Waals surface area contributed by atoms with E-state index in [1.165, 1.54) is 7.11 Å². The fourth-order valence-corrected chi connectivity index (χ4v) is 4.40. The van der Waals surface area contributed by atoms with E-state index >= 15 is 0 Å². The Morgan fingerprint density at radius 2 is 1.97 bits per heavy atom. The molecule has 3 aromatic heterocycles. The number of furan rings is 2. The molecule has 5 rings (SSSR count). The highest BCUT2D eigenvalue weighted by atomic mass is 32.1. The van der Waals surface area contributed by atoms with E-state index < -0.39 is 5.97 Å². The van der Waals surface area contributed by atoms with Gasteiger partial charge in [-0.05, 0) is 54.7 Å². The number of carbonyl (C=O) groups is 1. The summed E-state index contributed by atoms with van der Waals surface area (Å²) in [7, 11) is 1.36. The van der Waals surface area contributed by atoms with Gasteiger partial charge in [0.1, 0.15) is 23.3 Å². The maximum Gasteiger partial charge on any atom is 0.338 e. The third-order valence-corrected chi connectivity index (χ3v) is 5.97. The lowest BCUT2D eigenvalue weighted by molar-refractivity contribution is 0.0601. The number of pyridine rings is 1. The van der Waals surface area contributed by atoms with E-state index in [9.17, 15) is 4.79 Å². The minimum Gasteiger partial charge on any atom is -0.467 e. The summed E-state index contributed by atoms with van der Waals surface area (Å²) in [6.07, 6.45) is 3.40. The van der Waals surface area contributed by atoms with Gasteiger partial charge in [-0.15, -0.1) is 0 Å². The highest BCUT2D eigenvalue weighted by Gasteiger charge is 2.42. The van der Waals surface area contributed by atoms with Gasteiger partial charge >= 0.3 is 5.97 Å². The van der Waals surface area contributed by atoms with Crippen molar-refractivity contribution in [1.82, 2.24) is 15.2 Å². The first-order chi connectivity index (χ1) is 16.2. The van der Waals surface area contributed by atoms with Crippen molar-refractivity contribution < 1.29 is 18.4 Å². The molecule has 8 heteroatoms. The number of benzene rings is 1. The van der Waals surface area contributed by atoms with Gasteiger partial charge < -0.3 is 23.8 Å². The maximum atomic E-state index is 12.3. The zero-order valence-corrected chi connectivity index (χ0v) is 18.6. The zero-order valence-electron chi connectivity index (χ0n) is 17.8. The predicted octanol–water partition coefficient (Wildman–Crippen LogP) is 4.89. The Morgan fingerprint density at radius 3 is 2.73 bits per heavy atom. The molecular formula is C25H21N3O4S. The number of aromatic nitrogens is 1. The molecule has 1 aromatic carbocycles. The number of ether oxygens (including phenoxy) is 1. The van der Waals surface area contributed by atoms with Crippen molar-refractivity contribution in [3.05, 3.63) is 102 Å². The largest absolute Gasteiger partial charge is 0.467 e. The van der Waals surface area contributed by atoms with Gasteiger partial charge in [0, 0.05) is 11.8 Å². The Morgan fingerprint density at radius 1 is 1.12 bits per heavy atom. The zero-order chi connectivity index (χ0) is 22.8. The molecule has 4 aromatic rings. The summed E-state index contributed by atoms with van der Waals surface area (Å²) in [5, 5.41) is 3.97. The highest BCUT2D eigenvalue weighted by Crippen LogP contribution is 2.41. The van der Waals surface area contributed by atoms with Crippen molar-refractivity contribution in [2.24, 2.45) is 0 Å². The Hall–Kier alpha value is -3.91. The van der Waals surface area contributed by atoms with Crippen molar-refractivity contribution in [3.63, 3.8) is 0 Å². The van der Waals surface area contributed by atoms with Gasteiger partial charge in [-0.3, -0.25) is 4.98 Å². The van der Waals surface area contributed by atoms with Crippen molar-refractivity contribution in [2.45, 2.75) is 18.6 Å². The van der Waals surface area contributed by atoms with E-state index in [1.54, 1.807) is 24.6 Å². The first-order valence-corrected chi connectivity index (χ1v) is 10.8. The number of nitrogens with zero attached hydrogens (tertiary/aromatic N) is 2. The summed E-state index contributed by atoms with van der Waals surface area (Å²) in [4.78, 5) is 18.8. The van der Waals surface area contributed by atoms with Gasteiger partial charge in [0.05, 0.1) is 37.2 Å². The second-order valence-corrected chi connectivity index (χ2v) is 7.96. The number of rotatable bonds is 6. The second kappa shape index (κ2) is 8.91. The topological polar surface area (TPSA) is 80.7 Å². The fraction of sp³-hybridized carbons (Fsp3) is 0.160. The van der Waals surface area contributed by atoms with E-state index in [0.717, 1.165) is 11.5 Å². The van der Waals surface area contributed by atoms with Gasteiger partial charge in [0.15, 0.2) is 5.11 Å². The molecule has 0 saturated carbocycles. The van der Waals surface area contributed by atoms with Crippen molar-refractivity contribution >= 4 is 23.3 Å². The molecule has 2 atom stereocenters. The van der Waals surface area contributed by atoms with Crippen LogP contribution in [0.15, 0.2) is 88.0 Å². The van der Waals surface area contributed by atoms with E-state index in [1.807, 2.05) is 59.5 Å². The van der Waals surface area contributed by atoms with E-state index in [4.69, 9.17) is 25.8 Å². The molecule has 0 bridgehead atoms. The summed E-state index contributed by atoms with van der Waals surface area (Å²) >= 11 is 5.68. The number of carbonyl (C=O) groups excluding carboxylic acids is 1.